The second-order valence-corrected chi connectivity index (χ2v) is 4.38. The highest BCUT2D eigenvalue weighted by atomic mass is 16.5. The third kappa shape index (κ3) is 9.37. The molecule has 0 aliphatic carbocycles. The summed E-state index contributed by atoms with van der Waals surface area (Å²) in [6.07, 6.45) is 1.84. The third-order valence-electron chi connectivity index (χ3n) is 2.41. The molecule has 0 saturated carbocycles. The predicted molar refractivity (Wildman–Crippen MR) is 70.4 cm³/mol. The van der Waals surface area contributed by atoms with Crippen molar-refractivity contribution in [2.75, 3.05) is 46.7 Å². The van der Waals surface area contributed by atoms with Gasteiger partial charge in [0.15, 0.2) is 0 Å². The van der Waals surface area contributed by atoms with Crippen LogP contribution in [0.15, 0.2) is 0 Å². The van der Waals surface area contributed by atoms with E-state index in [9.17, 15) is 0 Å². The van der Waals surface area contributed by atoms with Crippen LogP contribution in [0.4, 0.5) is 0 Å². The standard InChI is InChI=1S/C13H26N2O3/c1-4-6-15-13(2,11-14)12-18-8-5-7-17-10-9-16-3/h15H,4-10,12H2,1-3H3. The normalized spacial score (nSPS) is 14.1. The lowest BCUT2D eigenvalue weighted by atomic mass is 10.1. The zero-order valence-corrected chi connectivity index (χ0v) is 11.8. The van der Waals surface area contributed by atoms with Gasteiger partial charge in [0, 0.05) is 20.3 Å². The fourth-order valence-electron chi connectivity index (χ4n) is 1.31. The van der Waals surface area contributed by atoms with Crippen molar-refractivity contribution in [1.82, 2.24) is 5.32 Å². The Morgan fingerprint density at radius 3 is 2.50 bits per heavy atom. The van der Waals surface area contributed by atoms with Gasteiger partial charge in [0.2, 0.25) is 0 Å². The number of nitriles is 1. The third-order valence-corrected chi connectivity index (χ3v) is 2.41. The van der Waals surface area contributed by atoms with Gasteiger partial charge in [-0.1, -0.05) is 6.92 Å². The molecule has 0 aromatic carbocycles. The lowest BCUT2D eigenvalue weighted by Gasteiger charge is -2.22. The summed E-state index contributed by atoms with van der Waals surface area (Å²) >= 11 is 0. The van der Waals surface area contributed by atoms with E-state index in [-0.39, 0.29) is 0 Å². The zero-order chi connectivity index (χ0) is 13.7. The summed E-state index contributed by atoms with van der Waals surface area (Å²) in [4.78, 5) is 0. The van der Waals surface area contributed by atoms with Crippen LogP contribution in [-0.2, 0) is 14.2 Å². The molecule has 0 radical (unpaired) electrons. The molecule has 0 aliphatic rings. The van der Waals surface area contributed by atoms with Gasteiger partial charge in [0.25, 0.3) is 0 Å². The molecular formula is C13H26N2O3. The second kappa shape index (κ2) is 11.4. The molecule has 0 heterocycles. The number of hydrogen-bond donors (Lipinski definition) is 1. The Morgan fingerprint density at radius 1 is 1.17 bits per heavy atom. The quantitative estimate of drug-likeness (QED) is 0.535. The van der Waals surface area contributed by atoms with Gasteiger partial charge in [-0.15, -0.1) is 0 Å². The van der Waals surface area contributed by atoms with Gasteiger partial charge in [-0.05, 0) is 26.3 Å². The van der Waals surface area contributed by atoms with Gasteiger partial charge in [0.1, 0.15) is 5.54 Å². The van der Waals surface area contributed by atoms with Crippen LogP contribution in [0, 0.1) is 11.3 Å². The Balaban J connectivity index is 3.48. The molecule has 0 spiro atoms. The van der Waals surface area contributed by atoms with Crippen LogP contribution in [0.5, 0.6) is 0 Å². The first kappa shape index (κ1) is 17.3. The van der Waals surface area contributed by atoms with E-state index in [2.05, 4.69) is 18.3 Å². The summed E-state index contributed by atoms with van der Waals surface area (Å²) in [6.45, 7) is 7.67. The molecule has 0 amide bonds. The van der Waals surface area contributed by atoms with Crippen LogP contribution in [0.25, 0.3) is 0 Å². The molecule has 5 nitrogen and oxygen atoms in total. The lowest BCUT2D eigenvalue weighted by Crippen LogP contribution is -2.45. The van der Waals surface area contributed by atoms with E-state index in [1.54, 1.807) is 7.11 Å². The van der Waals surface area contributed by atoms with E-state index in [0.717, 1.165) is 19.4 Å². The Hall–Kier alpha value is -0.670. The SMILES string of the molecule is CCCNC(C)(C#N)COCCCOCCOC. The molecule has 0 aliphatic heterocycles. The fraction of sp³-hybridized carbons (Fsp3) is 0.923. The summed E-state index contributed by atoms with van der Waals surface area (Å²) in [6, 6.07) is 2.25. The molecule has 106 valence electrons. The van der Waals surface area contributed by atoms with E-state index in [4.69, 9.17) is 19.5 Å². The topological polar surface area (TPSA) is 63.5 Å². The van der Waals surface area contributed by atoms with Crippen molar-refractivity contribution >= 4 is 0 Å². The Kier molecular flexibility index (Phi) is 11.0. The van der Waals surface area contributed by atoms with Gasteiger partial charge in [-0.25, -0.2) is 0 Å². The number of ether oxygens (including phenoxy) is 3. The highest BCUT2D eigenvalue weighted by Crippen LogP contribution is 2.03. The van der Waals surface area contributed by atoms with Crippen molar-refractivity contribution < 1.29 is 14.2 Å². The van der Waals surface area contributed by atoms with Gasteiger partial charge in [0.05, 0.1) is 25.9 Å². The van der Waals surface area contributed by atoms with Crippen LogP contribution in [-0.4, -0.2) is 52.2 Å². The number of hydrogen-bond acceptors (Lipinski definition) is 5. The average molecular weight is 258 g/mol. The van der Waals surface area contributed by atoms with Crippen molar-refractivity contribution in [3.63, 3.8) is 0 Å². The minimum absolute atomic E-state index is 0.404. The summed E-state index contributed by atoms with van der Waals surface area (Å²) in [7, 11) is 1.65. The maximum atomic E-state index is 9.08. The molecule has 1 unspecified atom stereocenters. The molecule has 0 bridgehead atoms. The average Bonchev–Trinajstić information content (AvgIpc) is 2.39. The predicted octanol–water partition coefficient (Wildman–Crippen LogP) is 1.34. The van der Waals surface area contributed by atoms with E-state index in [1.165, 1.54) is 0 Å². The van der Waals surface area contributed by atoms with Crippen molar-refractivity contribution in [2.45, 2.75) is 32.2 Å². The van der Waals surface area contributed by atoms with Gasteiger partial charge in [-0.3, -0.25) is 5.32 Å². The maximum Gasteiger partial charge on any atom is 0.127 e. The van der Waals surface area contributed by atoms with Crippen LogP contribution in [0.1, 0.15) is 26.7 Å². The minimum atomic E-state index is -0.590. The molecular weight excluding hydrogens is 232 g/mol. The summed E-state index contributed by atoms with van der Waals surface area (Å²) < 4.78 is 15.7. The molecule has 0 aromatic heterocycles. The minimum Gasteiger partial charge on any atom is -0.382 e. The molecule has 0 fully saturated rings. The number of methoxy groups -OCH3 is 1. The molecule has 18 heavy (non-hydrogen) atoms. The van der Waals surface area contributed by atoms with Crippen molar-refractivity contribution in [3.05, 3.63) is 0 Å². The lowest BCUT2D eigenvalue weighted by molar-refractivity contribution is 0.0436. The monoisotopic (exact) mass is 258 g/mol. The zero-order valence-electron chi connectivity index (χ0n) is 11.8. The second-order valence-electron chi connectivity index (χ2n) is 4.38. The molecule has 0 saturated heterocycles. The van der Waals surface area contributed by atoms with Gasteiger partial charge in [-0.2, -0.15) is 5.26 Å². The molecule has 0 rings (SSSR count). The van der Waals surface area contributed by atoms with Crippen molar-refractivity contribution in [2.24, 2.45) is 0 Å². The van der Waals surface area contributed by atoms with E-state index in [0.29, 0.717) is 33.0 Å². The van der Waals surface area contributed by atoms with Crippen LogP contribution < -0.4 is 5.32 Å². The van der Waals surface area contributed by atoms with E-state index < -0.39 is 5.54 Å². The van der Waals surface area contributed by atoms with Gasteiger partial charge >= 0.3 is 0 Å². The summed E-state index contributed by atoms with van der Waals surface area (Å²) in [5.74, 6) is 0. The number of rotatable bonds is 12. The van der Waals surface area contributed by atoms with E-state index >= 15 is 0 Å². The highest BCUT2D eigenvalue weighted by molar-refractivity contribution is 5.03. The molecule has 1 atom stereocenters. The Bertz CT molecular complexity index is 231. The number of nitrogens with one attached hydrogen (secondary N) is 1. The summed E-state index contributed by atoms with van der Waals surface area (Å²) in [5, 5.41) is 12.3. The Morgan fingerprint density at radius 2 is 1.89 bits per heavy atom. The first-order chi connectivity index (χ1) is 8.68. The van der Waals surface area contributed by atoms with Crippen molar-refractivity contribution in [1.29, 1.82) is 5.26 Å². The van der Waals surface area contributed by atoms with Crippen LogP contribution >= 0.6 is 0 Å². The molecule has 1 N–H and O–H groups in total. The highest BCUT2D eigenvalue weighted by Gasteiger charge is 2.22. The maximum absolute atomic E-state index is 9.08. The molecule has 5 heteroatoms. The van der Waals surface area contributed by atoms with Gasteiger partial charge < -0.3 is 14.2 Å². The summed E-state index contributed by atoms with van der Waals surface area (Å²) in [5.41, 5.74) is -0.590. The first-order valence-corrected chi connectivity index (χ1v) is 6.49. The fourth-order valence-corrected chi connectivity index (χ4v) is 1.31. The van der Waals surface area contributed by atoms with Crippen LogP contribution in [0.2, 0.25) is 0 Å². The smallest absolute Gasteiger partial charge is 0.127 e. The first-order valence-electron chi connectivity index (χ1n) is 6.49. The Labute approximate surface area is 110 Å². The number of nitrogens with zero attached hydrogens (tertiary/aromatic N) is 1. The molecule has 0 aromatic rings. The van der Waals surface area contributed by atoms with Crippen LogP contribution in [0.3, 0.4) is 0 Å². The van der Waals surface area contributed by atoms with E-state index in [1.807, 2.05) is 6.92 Å². The van der Waals surface area contributed by atoms with Crippen molar-refractivity contribution in [3.8, 4) is 6.07 Å². The largest absolute Gasteiger partial charge is 0.382 e.